The van der Waals surface area contributed by atoms with Crippen LogP contribution in [-0.2, 0) is 6.54 Å². The van der Waals surface area contributed by atoms with E-state index in [0.29, 0.717) is 5.75 Å². The zero-order valence-corrected chi connectivity index (χ0v) is 13.8. The predicted octanol–water partition coefficient (Wildman–Crippen LogP) is 1.72. The monoisotopic (exact) mass is 326 g/mol. The lowest BCUT2D eigenvalue weighted by Gasteiger charge is -2.32. The van der Waals surface area contributed by atoms with Gasteiger partial charge in [0, 0.05) is 44.5 Å². The second-order valence-corrected chi connectivity index (χ2v) is 6.01. The molecule has 0 saturated carbocycles. The highest BCUT2D eigenvalue weighted by molar-refractivity contribution is 5.95. The van der Waals surface area contributed by atoms with Crippen molar-refractivity contribution in [1.82, 2.24) is 14.8 Å². The Bertz CT molecular complexity index is 712. The van der Waals surface area contributed by atoms with Gasteiger partial charge in [0.15, 0.2) is 0 Å². The molecule has 126 valence electrons. The highest BCUT2D eigenvalue weighted by Crippen LogP contribution is 2.27. The van der Waals surface area contributed by atoms with Crippen molar-refractivity contribution in [1.29, 1.82) is 0 Å². The molecule has 1 aromatic carbocycles. The number of pyridine rings is 1. The Morgan fingerprint density at radius 1 is 1.17 bits per heavy atom. The molecule has 24 heavy (non-hydrogen) atoms. The Balaban J connectivity index is 1.79. The fourth-order valence-corrected chi connectivity index (χ4v) is 2.74. The van der Waals surface area contributed by atoms with E-state index in [1.54, 1.807) is 18.3 Å². The first-order chi connectivity index (χ1) is 11.6. The number of amides is 1. The fourth-order valence-electron chi connectivity index (χ4n) is 2.74. The highest BCUT2D eigenvalue weighted by atomic mass is 16.5. The summed E-state index contributed by atoms with van der Waals surface area (Å²) < 4.78 is 5.92. The molecule has 1 aromatic heterocycles. The second-order valence-electron chi connectivity index (χ2n) is 6.01. The van der Waals surface area contributed by atoms with Crippen molar-refractivity contribution in [3.8, 4) is 11.6 Å². The molecule has 1 aliphatic heterocycles. The molecule has 0 radical (unpaired) electrons. The van der Waals surface area contributed by atoms with Crippen LogP contribution in [0.25, 0.3) is 0 Å². The summed E-state index contributed by atoms with van der Waals surface area (Å²) in [6, 6.07) is 11.1. The quantitative estimate of drug-likeness (QED) is 0.906. The molecule has 1 fully saturated rings. The largest absolute Gasteiger partial charge is 0.438 e. The zero-order valence-electron chi connectivity index (χ0n) is 13.8. The van der Waals surface area contributed by atoms with Crippen LogP contribution in [0.15, 0.2) is 42.6 Å². The minimum absolute atomic E-state index is 0.246. The molecule has 6 nitrogen and oxygen atoms in total. The molecule has 0 aliphatic carbocycles. The maximum Gasteiger partial charge on any atom is 0.254 e. The average Bonchev–Trinajstić information content (AvgIpc) is 2.59. The molecule has 3 rings (SSSR count). The third-order valence-corrected chi connectivity index (χ3v) is 4.21. The van der Waals surface area contributed by atoms with Gasteiger partial charge in [0.2, 0.25) is 5.88 Å². The van der Waals surface area contributed by atoms with E-state index in [4.69, 9.17) is 10.5 Å². The average molecular weight is 326 g/mol. The number of likely N-dealkylation sites (N-methyl/N-ethyl adjacent to an activating group) is 1. The lowest BCUT2D eigenvalue weighted by atomic mass is 10.1. The summed E-state index contributed by atoms with van der Waals surface area (Å²) in [5, 5.41) is 0. The molecular weight excluding hydrogens is 304 g/mol. The van der Waals surface area contributed by atoms with E-state index in [0.717, 1.165) is 38.3 Å². The fraction of sp³-hybridized carbons (Fsp3) is 0.333. The van der Waals surface area contributed by atoms with Gasteiger partial charge in [-0.05, 0) is 25.2 Å². The molecule has 2 heterocycles. The van der Waals surface area contributed by atoms with Crippen molar-refractivity contribution in [3.63, 3.8) is 0 Å². The van der Waals surface area contributed by atoms with Gasteiger partial charge in [-0.3, -0.25) is 9.69 Å². The molecule has 0 spiro atoms. The molecule has 0 atom stereocenters. The maximum absolute atomic E-state index is 11.5. The van der Waals surface area contributed by atoms with Crippen LogP contribution in [0.1, 0.15) is 15.9 Å². The Kier molecular flexibility index (Phi) is 5.08. The molecule has 0 bridgehead atoms. The minimum atomic E-state index is -0.547. The molecular formula is C18H22N4O2. The standard InChI is InChI=1S/C18H22N4O2/c1-21-9-11-22(12-10-21)13-14-5-2-3-7-16(14)24-18-15(17(19)23)6-4-8-20-18/h2-8H,9-13H2,1H3,(H2,19,23). The van der Waals surface area contributed by atoms with Crippen molar-refractivity contribution >= 4 is 5.91 Å². The third kappa shape index (κ3) is 3.90. The lowest BCUT2D eigenvalue weighted by molar-refractivity contribution is 0.0997. The van der Waals surface area contributed by atoms with Crippen molar-refractivity contribution in [2.45, 2.75) is 6.54 Å². The van der Waals surface area contributed by atoms with E-state index in [-0.39, 0.29) is 11.4 Å². The van der Waals surface area contributed by atoms with Crippen LogP contribution in [0.4, 0.5) is 0 Å². The van der Waals surface area contributed by atoms with Gasteiger partial charge in [-0.2, -0.15) is 0 Å². The van der Waals surface area contributed by atoms with Crippen molar-refractivity contribution in [2.24, 2.45) is 5.73 Å². The number of carbonyl (C=O) groups is 1. The molecule has 2 aromatic rings. The number of piperazine rings is 1. The number of para-hydroxylation sites is 1. The SMILES string of the molecule is CN1CCN(Cc2ccccc2Oc2ncccc2C(N)=O)CC1. The molecule has 1 aliphatic rings. The van der Waals surface area contributed by atoms with E-state index in [1.807, 2.05) is 24.3 Å². The summed E-state index contributed by atoms with van der Waals surface area (Å²) in [6.07, 6.45) is 1.59. The molecule has 0 unspecified atom stereocenters. The van der Waals surface area contributed by atoms with Crippen LogP contribution in [0, 0.1) is 0 Å². The molecule has 6 heteroatoms. The number of hydrogen-bond acceptors (Lipinski definition) is 5. The Morgan fingerprint density at radius 2 is 1.92 bits per heavy atom. The first-order valence-corrected chi connectivity index (χ1v) is 8.05. The van der Waals surface area contributed by atoms with E-state index < -0.39 is 5.91 Å². The van der Waals surface area contributed by atoms with Crippen molar-refractivity contribution < 1.29 is 9.53 Å². The highest BCUT2D eigenvalue weighted by Gasteiger charge is 2.17. The number of aromatic nitrogens is 1. The summed E-state index contributed by atoms with van der Waals surface area (Å²) >= 11 is 0. The number of hydrogen-bond donors (Lipinski definition) is 1. The van der Waals surface area contributed by atoms with Crippen LogP contribution in [0.2, 0.25) is 0 Å². The van der Waals surface area contributed by atoms with E-state index in [2.05, 4.69) is 21.8 Å². The normalized spacial score (nSPS) is 16.0. The van der Waals surface area contributed by atoms with Crippen LogP contribution >= 0.6 is 0 Å². The number of nitrogens with zero attached hydrogens (tertiary/aromatic N) is 3. The minimum Gasteiger partial charge on any atom is -0.438 e. The number of ether oxygens (including phenoxy) is 1. The van der Waals surface area contributed by atoms with Crippen molar-refractivity contribution in [3.05, 3.63) is 53.7 Å². The van der Waals surface area contributed by atoms with Gasteiger partial charge in [-0.1, -0.05) is 18.2 Å². The number of primary amides is 1. The maximum atomic E-state index is 11.5. The van der Waals surface area contributed by atoms with Gasteiger partial charge in [-0.15, -0.1) is 0 Å². The van der Waals surface area contributed by atoms with E-state index in [1.165, 1.54) is 0 Å². The first kappa shape index (κ1) is 16.4. The van der Waals surface area contributed by atoms with Crippen LogP contribution in [-0.4, -0.2) is 53.9 Å². The van der Waals surface area contributed by atoms with Crippen LogP contribution < -0.4 is 10.5 Å². The van der Waals surface area contributed by atoms with Gasteiger partial charge >= 0.3 is 0 Å². The summed E-state index contributed by atoms with van der Waals surface area (Å²) in [7, 11) is 2.14. The summed E-state index contributed by atoms with van der Waals surface area (Å²) in [4.78, 5) is 20.4. The molecule has 1 saturated heterocycles. The molecule has 2 N–H and O–H groups in total. The van der Waals surface area contributed by atoms with Gasteiger partial charge in [0.25, 0.3) is 5.91 Å². The smallest absolute Gasteiger partial charge is 0.254 e. The van der Waals surface area contributed by atoms with Gasteiger partial charge < -0.3 is 15.4 Å². The Morgan fingerprint density at radius 3 is 2.67 bits per heavy atom. The summed E-state index contributed by atoms with van der Waals surface area (Å²) in [5.74, 6) is 0.406. The van der Waals surface area contributed by atoms with Crippen LogP contribution in [0.3, 0.4) is 0 Å². The first-order valence-electron chi connectivity index (χ1n) is 8.05. The van der Waals surface area contributed by atoms with Crippen LogP contribution in [0.5, 0.6) is 11.6 Å². The van der Waals surface area contributed by atoms with Gasteiger partial charge in [0.05, 0.1) is 0 Å². The van der Waals surface area contributed by atoms with E-state index >= 15 is 0 Å². The predicted molar refractivity (Wildman–Crippen MR) is 92.0 cm³/mol. The number of nitrogens with two attached hydrogens (primary N) is 1. The number of benzene rings is 1. The number of carbonyl (C=O) groups excluding carboxylic acids is 1. The molecule has 1 amide bonds. The summed E-state index contributed by atoms with van der Waals surface area (Å²) in [6.45, 7) is 4.99. The Hall–Kier alpha value is -2.44. The number of rotatable bonds is 5. The van der Waals surface area contributed by atoms with E-state index in [9.17, 15) is 4.79 Å². The van der Waals surface area contributed by atoms with Gasteiger partial charge in [0.1, 0.15) is 11.3 Å². The van der Waals surface area contributed by atoms with Gasteiger partial charge in [-0.25, -0.2) is 4.98 Å². The second kappa shape index (κ2) is 7.42. The Labute approximate surface area is 141 Å². The lowest BCUT2D eigenvalue weighted by Crippen LogP contribution is -2.43. The zero-order chi connectivity index (χ0) is 16.9. The summed E-state index contributed by atoms with van der Waals surface area (Å²) in [5.41, 5.74) is 6.75. The topological polar surface area (TPSA) is 71.7 Å². The third-order valence-electron chi connectivity index (χ3n) is 4.21. The van der Waals surface area contributed by atoms with Crippen molar-refractivity contribution in [2.75, 3.05) is 33.2 Å².